The molecule has 0 radical (unpaired) electrons. The third-order valence-corrected chi connectivity index (χ3v) is 2.55. The second-order valence-corrected chi connectivity index (χ2v) is 4.88. The number of hydrogen-bond acceptors (Lipinski definition) is 5. The van der Waals surface area contributed by atoms with Gasteiger partial charge in [0.1, 0.15) is 5.76 Å². The average molecular weight is 255 g/mol. The van der Waals surface area contributed by atoms with E-state index < -0.39 is 5.97 Å². The minimum atomic E-state index is -0.468. The lowest BCUT2D eigenvalue weighted by atomic mass is 10.1. The van der Waals surface area contributed by atoms with Crippen molar-refractivity contribution in [1.29, 1.82) is 0 Å². The number of hydrogen-bond donors (Lipinski definition) is 1. The average Bonchev–Trinajstić information content (AvgIpc) is 2.76. The van der Waals surface area contributed by atoms with Crippen molar-refractivity contribution in [3.05, 3.63) is 23.7 Å². The molecule has 0 spiro atoms. The number of carbonyl (C=O) groups excluding carboxylic acids is 1. The first-order valence-corrected chi connectivity index (χ1v) is 5.84. The van der Waals surface area contributed by atoms with Crippen LogP contribution in [-0.2, 0) is 9.47 Å². The van der Waals surface area contributed by atoms with Crippen LogP contribution < -0.4 is 5.32 Å². The van der Waals surface area contributed by atoms with Crippen molar-refractivity contribution in [2.75, 3.05) is 20.8 Å². The highest BCUT2D eigenvalue weighted by atomic mass is 16.5. The fraction of sp³-hybridized carbons (Fsp3) is 0.615. The normalized spacial score (nSPS) is 13.4. The van der Waals surface area contributed by atoms with E-state index in [0.717, 1.165) is 0 Å². The van der Waals surface area contributed by atoms with Gasteiger partial charge in [-0.1, -0.05) is 0 Å². The Bertz CT molecular complexity index is 397. The van der Waals surface area contributed by atoms with Gasteiger partial charge >= 0.3 is 5.97 Å². The monoisotopic (exact) mass is 255 g/mol. The summed E-state index contributed by atoms with van der Waals surface area (Å²) >= 11 is 0. The van der Waals surface area contributed by atoms with Crippen molar-refractivity contribution in [2.45, 2.75) is 32.4 Å². The van der Waals surface area contributed by atoms with Gasteiger partial charge < -0.3 is 19.2 Å². The predicted molar refractivity (Wildman–Crippen MR) is 67.6 cm³/mol. The summed E-state index contributed by atoms with van der Waals surface area (Å²) in [6.07, 6.45) is 0. The Morgan fingerprint density at radius 3 is 2.67 bits per heavy atom. The van der Waals surface area contributed by atoms with Crippen molar-refractivity contribution in [3.8, 4) is 0 Å². The van der Waals surface area contributed by atoms with E-state index in [1.54, 1.807) is 19.2 Å². The van der Waals surface area contributed by atoms with E-state index in [4.69, 9.17) is 9.15 Å². The lowest BCUT2D eigenvalue weighted by Gasteiger charge is -2.28. The van der Waals surface area contributed by atoms with Crippen LogP contribution in [0.2, 0.25) is 0 Å². The first kappa shape index (κ1) is 14.7. The summed E-state index contributed by atoms with van der Waals surface area (Å²) in [6.45, 7) is 6.63. The highest BCUT2D eigenvalue weighted by molar-refractivity contribution is 5.86. The van der Waals surface area contributed by atoms with E-state index in [2.05, 4.69) is 10.1 Å². The van der Waals surface area contributed by atoms with E-state index in [1.807, 2.05) is 20.8 Å². The number of furan rings is 1. The van der Waals surface area contributed by atoms with Gasteiger partial charge in [0.25, 0.3) is 0 Å². The van der Waals surface area contributed by atoms with E-state index in [0.29, 0.717) is 12.4 Å². The molecular formula is C13H21NO4. The molecule has 0 amide bonds. The van der Waals surface area contributed by atoms with E-state index in [9.17, 15) is 4.79 Å². The van der Waals surface area contributed by atoms with Crippen LogP contribution in [0.1, 0.15) is 43.1 Å². The second kappa shape index (κ2) is 6.02. The molecule has 1 atom stereocenters. The molecule has 1 aromatic heterocycles. The van der Waals surface area contributed by atoms with Gasteiger partial charge in [0.2, 0.25) is 5.76 Å². The molecule has 1 heterocycles. The SMILES string of the molecule is COCC(C)(C)NC(C)c1ccc(C(=O)OC)o1. The highest BCUT2D eigenvalue weighted by Crippen LogP contribution is 2.19. The van der Waals surface area contributed by atoms with Crippen molar-refractivity contribution in [1.82, 2.24) is 5.32 Å². The molecule has 5 nitrogen and oxygen atoms in total. The Hall–Kier alpha value is -1.33. The van der Waals surface area contributed by atoms with Crippen LogP contribution in [0.3, 0.4) is 0 Å². The minimum absolute atomic E-state index is 0.0199. The van der Waals surface area contributed by atoms with Gasteiger partial charge in [-0.05, 0) is 32.9 Å². The first-order chi connectivity index (χ1) is 8.39. The van der Waals surface area contributed by atoms with Gasteiger partial charge in [0, 0.05) is 12.6 Å². The van der Waals surface area contributed by atoms with Crippen LogP contribution in [0, 0.1) is 0 Å². The van der Waals surface area contributed by atoms with Crippen LogP contribution in [0.4, 0.5) is 0 Å². The molecule has 0 aliphatic carbocycles. The summed E-state index contributed by atoms with van der Waals surface area (Å²) in [7, 11) is 2.99. The van der Waals surface area contributed by atoms with Crippen LogP contribution in [-0.4, -0.2) is 32.3 Å². The fourth-order valence-electron chi connectivity index (χ4n) is 1.86. The van der Waals surface area contributed by atoms with Crippen molar-refractivity contribution >= 4 is 5.97 Å². The third kappa shape index (κ3) is 3.85. The molecule has 0 aliphatic heterocycles. The molecule has 102 valence electrons. The topological polar surface area (TPSA) is 60.7 Å². The molecule has 0 aliphatic rings. The maximum atomic E-state index is 11.3. The molecule has 18 heavy (non-hydrogen) atoms. The molecule has 1 aromatic rings. The number of rotatable bonds is 6. The zero-order valence-corrected chi connectivity index (χ0v) is 11.6. The first-order valence-electron chi connectivity index (χ1n) is 5.84. The summed E-state index contributed by atoms with van der Waals surface area (Å²) in [6, 6.07) is 3.36. The van der Waals surface area contributed by atoms with Gasteiger partial charge in [-0.15, -0.1) is 0 Å². The Labute approximate surface area is 107 Å². The lowest BCUT2D eigenvalue weighted by molar-refractivity contribution is 0.0561. The molecule has 0 saturated carbocycles. The van der Waals surface area contributed by atoms with Gasteiger partial charge in [0.15, 0.2) is 0 Å². The minimum Gasteiger partial charge on any atom is -0.463 e. The summed E-state index contributed by atoms with van der Waals surface area (Å²) < 4.78 is 15.2. The van der Waals surface area contributed by atoms with Gasteiger partial charge in [-0.2, -0.15) is 0 Å². The van der Waals surface area contributed by atoms with Gasteiger partial charge in [-0.3, -0.25) is 0 Å². The maximum absolute atomic E-state index is 11.3. The Kier molecular flexibility index (Phi) is 4.93. The molecule has 0 saturated heterocycles. The maximum Gasteiger partial charge on any atom is 0.373 e. The number of carbonyl (C=O) groups is 1. The summed E-state index contributed by atoms with van der Waals surface area (Å²) in [5, 5.41) is 3.37. The molecule has 0 fully saturated rings. The van der Waals surface area contributed by atoms with Crippen LogP contribution in [0.15, 0.2) is 16.5 Å². The molecular weight excluding hydrogens is 234 g/mol. The van der Waals surface area contributed by atoms with E-state index in [1.165, 1.54) is 7.11 Å². The van der Waals surface area contributed by atoms with Crippen molar-refractivity contribution in [3.63, 3.8) is 0 Å². The molecule has 1 N–H and O–H groups in total. The number of nitrogens with one attached hydrogen (secondary N) is 1. The zero-order chi connectivity index (χ0) is 13.8. The lowest BCUT2D eigenvalue weighted by Crippen LogP contribution is -2.44. The van der Waals surface area contributed by atoms with Crippen LogP contribution >= 0.6 is 0 Å². The quantitative estimate of drug-likeness (QED) is 0.789. The molecule has 5 heteroatoms. The largest absolute Gasteiger partial charge is 0.463 e. The summed E-state index contributed by atoms with van der Waals surface area (Å²) in [5.41, 5.74) is -0.174. The van der Waals surface area contributed by atoms with Crippen molar-refractivity contribution in [2.24, 2.45) is 0 Å². The number of ether oxygens (including phenoxy) is 2. The van der Waals surface area contributed by atoms with E-state index >= 15 is 0 Å². The highest BCUT2D eigenvalue weighted by Gasteiger charge is 2.23. The van der Waals surface area contributed by atoms with Crippen LogP contribution in [0.25, 0.3) is 0 Å². The molecule has 0 bridgehead atoms. The Morgan fingerprint density at radius 2 is 2.11 bits per heavy atom. The fourth-order valence-corrected chi connectivity index (χ4v) is 1.86. The summed E-state index contributed by atoms with van der Waals surface area (Å²) in [4.78, 5) is 11.3. The standard InChI is InChI=1S/C13H21NO4/c1-9(14-13(2,3)8-16-4)10-6-7-11(18-10)12(15)17-5/h6-7,9,14H,8H2,1-5H3. The third-order valence-electron chi connectivity index (χ3n) is 2.55. The zero-order valence-electron chi connectivity index (χ0n) is 11.6. The van der Waals surface area contributed by atoms with E-state index in [-0.39, 0.29) is 17.3 Å². The molecule has 0 aromatic carbocycles. The number of methoxy groups -OCH3 is 2. The predicted octanol–water partition coefficient (Wildman–Crippen LogP) is 2.14. The van der Waals surface area contributed by atoms with Gasteiger partial charge in [0.05, 0.1) is 19.8 Å². The molecule has 1 rings (SSSR count). The summed E-state index contributed by atoms with van der Waals surface area (Å²) in [5.74, 6) is 0.440. The second-order valence-electron chi connectivity index (χ2n) is 4.88. The number of esters is 1. The molecule has 1 unspecified atom stereocenters. The Balaban J connectivity index is 2.70. The smallest absolute Gasteiger partial charge is 0.373 e. The van der Waals surface area contributed by atoms with Gasteiger partial charge in [-0.25, -0.2) is 4.79 Å². The van der Waals surface area contributed by atoms with Crippen molar-refractivity contribution < 1.29 is 18.7 Å². The Morgan fingerprint density at radius 1 is 1.44 bits per heavy atom. The van der Waals surface area contributed by atoms with Crippen LogP contribution in [0.5, 0.6) is 0 Å².